The van der Waals surface area contributed by atoms with Crippen LogP contribution in [0, 0.1) is 23.7 Å². The summed E-state index contributed by atoms with van der Waals surface area (Å²) in [5.41, 5.74) is 0. The van der Waals surface area contributed by atoms with Gasteiger partial charge in [-0.05, 0) is 56.3 Å². The number of carbonyl (C=O) groups is 1. The van der Waals surface area contributed by atoms with E-state index in [0.717, 1.165) is 24.3 Å². The molecule has 4 aliphatic rings. The van der Waals surface area contributed by atoms with Gasteiger partial charge in [0.1, 0.15) is 0 Å². The van der Waals surface area contributed by atoms with E-state index in [4.69, 9.17) is 0 Å². The van der Waals surface area contributed by atoms with E-state index >= 15 is 0 Å². The van der Waals surface area contributed by atoms with Crippen molar-refractivity contribution in [2.75, 3.05) is 6.54 Å². The van der Waals surface area contributed by atoms with Crippen LogP contribution in [-0.4, -0.2) is 23.4 Å². The molecule has 3 saturated carbocycles. The maximum Gasteiger partial charge on any atom is 0.225 e. The van der Waals surface area contributed by atoms with E-state index in [-0.39, 0.29) is 0 Å². The molecule has 0 aromatic carbocycles. The third-order valence-electron chi connectivity index (χ3n) is 5.89. The fourth-order valence-electron chi connectivity index (χ4n) is 4.83. The minimum Gasteiger partial charge on any atom is -0.339 e. The Bertz CT molecular complexity index is 330. The standard InChI is InChI=1S/C15H23NO/c17-15(13-8-11-7-12(11)9-13)16-6-5-10-3-1-2-4-14(10)16/h10-14H,1-9H2. The highest BCUT2D eigenvalue weighted by atomic mass is 16.2. The molecule has 1 saturated heterocycles. The number of nitrogens with zero attached hydrogens (tertiary/aromatic N) is 1. The second-order valence-electron chi connectivity index (χ2n) is 6.86. The van der Waals surface area contributed by atoms with Crippen LogP contribution < -0.4 is 0 Å². The van der Waals surface area contributed by atoms with Gasteiger partial charge >= 0.3 is 0 Å². The molecule has 0 spiro atoms. The Morgan fingerprint density at radius 3 is 2.47 bits per heavy atom. The molecule has 4 unspecified atom stereocenters. The highest BCUT2D eigenvalue weighted by molar-refractivity contribution is 5.80. The summed E-state index contributed by atoms with van der Waals surface area (Å²) in [5.74, 6) is 3.68. The molecule has 0 bridgehead atoms. The fraction of sp³-hybridized carbons (Fsp3) is 0.933. The summed E-state index contributed by atoms with van der Waals surface area (Å²) >= 11 is 0. The van der Waals surface area contributed by atoms with Gasteiger partial charge in [-0.25, -0.2) is 0 Å². The number of fused-ring (bicyclic) bond motifs is 2. The van der Waals surface area contributed by atoms with E-state index in [1.807, 2.05) is 0 Å². The molecule has 2 nitrogen and oxygen atoms in total. The number of likely N-dealkylation sites (tertiary alicyclic amines) is 1. The molecule has 3 aliphatic carbocycles. The molecule has 4 atom stereocenters. The van der Waals surface area contributed by atoms with Crippen LogP contribution in [-0.2, 0) is 4.79 Å². The van der Waals surface area contributed by atoms with Gasteiger partial charge in [-0.2, -0.15) is 0 Å². The third-order valence-corrected chi connectivity index (χ3v) is 5.89. The molecule has 1 amide bonds. The van der Waals surface area contributed by atoms with Crippen molar-refractivity contribution in [1.82, 2.24) is 4.90 Å². The second kappa shape index (κ2) is 3.73. The minimum absolute atomic E-state index is 0.416. The van der Waals surface area contributed by atoms with Gasteiger partial charge in [-0.3, -0.25) is 4.79 Å². The summed E-state index contributed by atoms with van der Waals surface area (Å²) in [6, 6.07) is 0.633. The van der Waals surface area contributed by atoms with Crippen molar-refractivity contribution in [3.63, 3.8) is 0 Å². The lowest BCUT2D eigenvalue weighted by molar-refractivity contribution is -0.137. The first kappa shape index (κ1) is 10.4. The second-order valence-corrected chi connectivity index (χ2v) is 6.86. The van der Waals surface area contributed by atoms with Crippen LogP contribution in [0.5, 0.6) is 0 Å². The van der Waals surface area contributed by atoms with Gasteiger partial charge in [0.25, 0.3) is 0 Å². The third kappa shape index (κ3) is 1.63. The van der Waals surface area contributed by atoms with Crippen molar-refractivity contribution in [1.29, 1.82) is 0 Å². The van der Waals surface area contributed by atoms with Gasteiger partial charge in [-0.1, -0.05) is 12.8 Å². The van der Waals surface area contributed by atoms with E-state index in [1.54, 1.807) is 0 Å². The van der Waals surface area contributed by atoms with Crippen molar-refractivity contribution in [2.24, 2.45) is 23.7 Å². The molecule has 94 valence electrons. The largest absolute Gasteiger partial charge is 0.339 e. The van der Waals surface area contributed by atoms with Crippen LogP contribution in [0.1, 0.15) is 51.4 Å². The van der Waals surface area contributed by atoms with Crippen LogP contribution in [0.15, 0.2) is 0 Å². The predicted octanol–water partition coefficient (Wildman–Crippen LogP) is 2.82. The monoisotopic (exact) mass is 233 g/mol. The van der Waals surface area contributed by atoms with Gasteiger partial charge in [0, 0.05) is 18.5 Å². The Hall–Kier alpha value is -0.530. The first-order chi connectivity index (χ1) is 8.33. The summed E-state index contributed by atoms with van der Waals surface area (Å²) in [7, 11) is 0. The Balaban J connectivity index is 1.45. The molecule has 17 heavy (non-hydrogen) atoms. The highest BCUT2D eigenvalue weighted by Crippen LogP contribution is 2.55. The van der Waals surface area contributed by atoms with Crippen LogP contribution in [0.3, 0.4) is 0 Å². The van der Waals surface area contributed by atoms with E-state index in [9.17, 15) is 4.79 Å². The van der Waals surface area contributed by atoms with Crippen molar-refractivity contribution < 1.29 is 4.79 Å². The fourth-order valence-corrected chi connectivity index (χ4v) is 4.83. The van der Waals surface area contributed by atoms with Gasteiger partial charge < -0.3 is 4.90 Å². The smallest absolute Gasteiger partial charge is 0.225 e. The molecule has 0 N–H and O–H groups in total. The van der Waals surface area contributed by atoms with Crippen LogP contribution in [0.4, 0.5) is 0 Å². The summed E-state index contributed by atoms with van der Waals surface area (Å²) in [5, 5.41) is 0. The zero-order valence-corrected chi connectivity index (χ0v) is 10.6. The van der Waals surface area contributed by atoms with Crippen molar-refractivity contribution >= 4 is 5.91 Å². The maximum absolute atomic E-state index is 12.6. The Labute approximate surface area is 104 Å². The highest BCUT2D eigenvalue weighted by Gasteiger charge is 2.50. The van der Waals surface area contributed by atoms with Crippen LogP contribution in [0.25, 0.3) is 0 Å². The van der Waals surface area contributed by atoms with Gasteiger partial charge in [0.2, 0.25) is 5.91 Å². The average molecular weight is 233 g/mol. The van der Waals surface area contributed by atoms with Crippen molar-refractivity contribution in [3.8, 4) is 0 Å². The number of rotatable bonds is 1. The van der Waals surface area contributed by atoms with Crippen molar-refractivity contribution in [2.45, 2.75) is 57.4 Å². The predicted molar refractivity (Wildman–Crippen MR) is 66.4 cm³/mol. The Kier molecular flexibility index (Phi) is 2.28. The molecular weight excluding hydrogens is 210 g/mol. The molecule has 1 heterocycles. The summed E-state index contributed by atoms with van der Waals surface area (Å²) < 4.78 is 0. The van der Waals surface area contributed by atoms with Gasteiger partial charge in [0.05, 0.1) is 0 Å². The van der Waals surface area contributed by atoms with Gasteiger partial charge in [0.15, 0.2) is 0 Å². The van der Waals surface area contributed by atoms with E-state index in [2.05, 4.69) is 4.90 Å². The van der Waals surface area contributed by atoms with E-state index in [1.165, 1.54) is 51.4 Å². The average Bonchev–Trinajstić information content (AvgIpc) is 2.80. The summed E-state index contributed by atoms with van der Waals surface area (Å²) in [6.45, 7) is 1.07. The SMILES string of the molecule is O=C(C1CC2CC2C1)N1CCC2CCCCC21. The van der Waals surface area contributed by atoms with E-state index in [0.29, 0.717) is 17.9 Å². The van der Waals surface area contributed by atoms with Crippen molar-refractivity contribution in [3.05, 3.63) is 0 Å². The minimum atomic E-state index is 0.416. The van der Waals surface area contributed by atoms with Crippen LogP contribution in [0.2, 0.25) is 0 Å². The Morgan fingerprint density at radius 2 is 1.65 bits per heavy atom. The first-order valence-corrected chi connectivity index (χ1v) is 7.63. The first-order valence-electron chi connectivity index (χ1n) is 7.63. The van der Waals surface area contributed by atoms with Gasteiger partial charge in [-0.15, -0.1) is 0 Å². The lowest BCUT2D eigenvalue weighted by atomic mass is 9.85. The Morgan fingerprint density at radius 1 is 0.882 bits per heavy atom. The van der Waals surface area contributed by atoms with Crippen LogP contribution >= 0.6 is 0 Å². The molecule has 0 radical (unpaired) electrons. The molecule has 4 fully saturated rings. The molecule has 0 aromatic heterocycles. The lowest BCUT2D eigenvalue weighted by Crippen LogP contribution is -2.42. The number of carbonyl (C=O) groups excluding carboxylic acids is 1. The zero-order chi connectivity index (χ0) is 11.4. The lowest BCUT2D eigenvalue weighted by Gasteiger charge is -2.33. The molecule has 4 rings (SSSR count). The number of amides is 1. The number of hydrogen-bond donors (Lipinski definition) is 0. The number of hydrogen-bond acceptors (Lipinski definition) is 1. The maximum atomic E-state index is 12.6. The molecule has 0 aromatic rings. The molecular formula is C15H23NO. The zero-order valence-electron chi connectivity index (χ0n) is 10.6. The molecule has 2 heteroatoms. The quantitative estimate of drug-likeness (QED) is 0.682. The summed E-state index contributed by atoms with van der Waals surface area (Å²) in [4.78, 5) is 14.9. The molecule has 1 aliphatic heterocycles. The normalized spacial score (nSPS) is 47.8. The topological polar surface area (TPSA) is 20.3 Å². The van der Waals surface area contributed by atoms with E-state index < -0.39 is 0 Å². The summed E-state index contributed by atoms with van der Waals surface area (Å²) in [6.07, 6.45) is 10.6.